The zero-order chi connectivity index (χ0) is 23.3. The number of rotatable bonds is 3. The van der Waals surface area contributed by atoms with Crippen molar-refractivity contribution in [2.75, 3.05) is 12.8 Å². The van der Waals surface area contributed by atoms with Gasteiger partial charge in [-0.15, -0.1) is 0 Å². The predicted molar refractivity (Wildman–Crippen MR) is 127 cm³/mol. The van der Waals surface area contributed by atoms with Crippen LogP contribution >= 0.6 is 31.9 Å². The van der Waals surface area contributed by atoms with Crippen molar-refractivity contribution in [2.24, 2.45) is 0 Å². The number of hydrogen-bond acceptors (Lipinski definition) is 7. The lowest BCUT2D eigenvalue weighted by Crippen LogP contribution is -2.37. The van der Waals surface area contributed by atoms with Gasteiger partial charge >= 0.3 is 11.6 Å². The minimum atomic E-state index is -0.715. The van der Waals surface area contributed by atoms with Crippen LogP contribution in [0.4, 0.5) is 6.01 Å². The topological polar surface area (TPSA) is 113 Å². The summed E-state index contributed by atoms with van der Waals surface area (Å²) in [6.07, 6.45) is 1.64. The lowest BCUT2D eigenvalue weighted by Gasteiger charge is -2.21. The van der Waals surface area contributed by atoms with Gasteiger partial charge in [-0.05, 0) is 41.5 Å². The second-order valence-corrected chi connectivity index (χ2v) is 9.07. The second-order valence-electron chi connectivity index (χ2n) is 7.24. The van der Waals surface area contributed by atoms with Crippen LogP contribution in [0.15, 0.2) is 71.1 Å². The molecule has 1 unspecified atom stereocenters. The lowest BCUT2D eigenvalue weighted by atomic mass is 9.87. The Bertz CT molecular complexity index is 1560. The third-order valence-corrected chi connectivity index (χ3v) is 6.33. The zero-order valence-electron chi connectivity index (χ0n) is 17.0. The highest BCUT2D eigenvalue weighted by Crippen LogP contribution is 2.38. The fourth-order valence-electron chi connectivity index (χ4n) is 3.85. The summed E-state index contributed by atoms with van der Waals surface area (Å²) >= 11 is 6.81. The Hall–Kier alpha value is -3.37. The van der Waals surface area contributed by atoms with Crippen LogP contribution in [0, 0.1) is 0 Å². The molecule has 0 amide bonds. The number of anilines is 1. The van der Waals surface area contributed by atoms with Crippen LogP contribution in [0.5, 0.6) is 0 Å². The summed E-state index contributed by atoms with van der Waals surface area (Å²) < 4.78 is 19.6. The van der Waals surface area contributed by atoms with Crippen LogP contribution in [0.2, 0.25) is 0 Å². The molecule has 0 saturated carbocycles. The summed E-state index contributed by atoms with van der Waals surface area (Å²) in [5, 5.41) is 0.153. The van der Waals surface area contributed by atoms with E-state index in [1.165, 1.54) is 11.7 Å². The van der Waals surface area contributed by atoms with E-state index in [0.29, 0.717) is 5.69 Å². The van der Waals surface area contributed by atoms with Crippen LogP contribution in [0.1, 0.15) is 22.7 Å². The molecule has 0 fully saturated rings. The molecule has 8 nitrogen and oxygen atoms in total. The maximum atomic E-state index is 13.0. The number of carbonyl (C=O) groups is 1. The van der Waals surface area contributed by atoms with E-state index in [0.717, 1.165) is 20.1 Å². The highest BCUT2D eigenvalue weighted by Gasteiger charge is 2.39. The number of nitrogens with zero attached hydrogens (tertiary/aromatic N) is 2. The van der Waals surface area contributed by atoms with Gasteiger partial charge in [-0.3, -0.25) is 0 Å². The average Bonchev–Trinajstić information content (AvgIpc) is 3.33. The molecule has 0 radical (unpaired) electrons. The van der Waals surface area contributed by atoms with Gasteiger partial charge in [0.2, 0.25) is 11.4 Å². The van der Waals surface area contributed by atoms with Crippen molar-refractivity contribution in [2.45, 2.75) is 5.92 Å². The number of methoxy groups -OCH3 is 1. The van der Waals surface area contributed by atoms with Gasteiger partial charge < -0.3 is 19.3 Å². The summed E-state index contributed by atoms with van der Waals surface area (Å²) in [5.74, 6) is -1.17. The Morgan fingerprint density at radius 3 is 2.36 bits per heavy atom. The van der Waals surface area contributed by atoms with Crippen LogP contribution in [0.3, 0.4) is 0 Å². The average molecular weight is 573 g/mol. The van der Waals surface area contributed by atoms with E-state index >= 15 is 0 Å². The van der Waals surface area contributed by atoms with Gasteiger partial charge in [0, 0.05) is 8.95 Å². The molecule has 4 aromatic rings. The van der Waals surface area contributed by atoms with E-state index in [9.17, 15) is 9.59 Å². The molecule has 33 heavy (non-hydrogen) atoms. The maximum Gasteiger partial charge on any atom is 0.362 e. The Morgan fingerprint density at radius 1 is 1.09 bits per heavy atom. The number of hydrogen-bond donors (Lipinski definition) is 1. The van der Waals surface area contributed by atoms with Crippen LogP contribution in [-0.4, -0.2) is 22.6 Å². The molecule has 0 bridgehead atoms. The van der Waals surface area contributed by atoms with Crippen LogP contribution in [0.25, 0.3) is 17.5 Å². The van der Waals surface area contributed by atoms with E-state index in [1.54, 1.807) is 6.08 Å². The van der Waals surface area contributed by atoms with E-state index in [-0.39, 0.29) is 28.4 Å². The van der Waals surface area contributed by atoms with Crippen LogP contribution < -0.4 is 22.3 Å². The molecular weight excluding hydrogens is 558 g/mol. The molecule has 2 N–H and O–H groups in total. The lowest BCUT2D eigenvalue weighted by molar-refractivity contribution is -0.134. The number of halogens is 2. The Morgan fingerprint density at radius 2 is 1.73 bits per heavy atom. The molecule has 0 saturated heterocycles. The first-order valence-corrected chi connectivity index (χ1v) is 11.3. The van der Waals surface area contributed by atoms with E-state index in [1.807, 2.05) is 48.5 Å². The molecule has 1 aliphatic heterocycles. The minimum absolute atomic E-state index is 0.00628. The third-order valence-electron chi connectivity index (χ3n) is 5.27. The van der Waals surface area contributed by atoms with E-state index in [4.69, 9.17) is 19.3 Å². The van der Waals surface area contributed by atoms with Crippen molar-refractivity contribution in [3.05, 3.63) is 95.6 Å². The molecule has 0 spiro atoms. The number of esters is 1. The molecule has 1 aliphatic rings. The van der Waals surface area contributed by atoms with Crippen LogP contribution in [-0.2, 0) is 9.53 Å². The predicted octanol–water partition coefficient (Wildman–Crippen LogP) is 2.82. The second kappa shape index (κ2) is 8.20. The van der Waals surface area contributed by atoms with E-state index in [2.05, 4.69) is 36.8 Å². The maximum absolute atomic E-state index is 13.0. The number of fused-ring (bicyclic) bond motifs is 3. The zero-order valence-corrected chi connectivity index (χ0v) is 20.2. The molecule has 2 aromatic carbocycles. The summed E-state index contributed by atoms with van der Waals surface area (Å²) in [4.78, 5) is 30.3. The van der Waals surface area contributed by atoms with Gasteiger partial charge in [-0.25, -0.2) is 14.2 Å². The van der Waals surface area contributed by atoms with Gasteiger partial charge in [0.05, 0.1) is 13.0 Å². The largest absolute Gasteiger partial charge is 0.465 e. The van der Waals surface area contributed by atoms with Crippen molar-refractivity contribution in [3.63, 3.8) is 0 Å². The quantitative estimate of drug-likeness (QED) is 0.375. The van der Waals surface area contributed by atoms with Gasteiger partial charge in [0.1, 0.15) is 16.6 Å². The highest BCUT2D eigenvalue weighted by molar-refractivity contribution is 9.10. The standard InChI is InChI=1S/C23H15Br2N3O5/c1-31-22(30)17-16(12-4-8-14(25)9-5-12)18-20(33-23(26)27-18)28-15(21(29)32-19(17)28)10-11-2-6-13(24)7-3-11/h2-10,16H,1H3,(H2,26,27)/b15-10-. The van der Waals surface area contributed by atoms with Crippen molar-refractivity contribution in [1.29, 1.82) is 0 Å². The summed E-state index contributed by atoms with van der Waals surface area (Å²) in [7, 11) is 1.26. The molecule has 1 atom stereocenters. The number of nitrogens with two attached hydrogens (primary N) is 1. The molecule has 5 rings (SSSR count). The fourth-order valence-corrected chi connectivity index (χ4v) is 4.38. The Balaban J connectivity index is 1.90. The fraction of sp³-hybridized carbons (Fsp3) is 0.0870. The number of oxazole rings is 2. The first-order chi connectivity index (χ1) is 15.9. The SMILES string of the molecule is COC(=O)C1=c2oc(=O)/c(=C/c3ccc(Br)cc3)n2-c2oc(N)nc2C1c1ccc(Br)cc1. The molecule has 3 heterocycles. The number of ether oxygens (including phenoxy) is 1. The molecule has 2 aromatic heterocycles. The molecule has 10 heteroatoms. The molecular formula is C23H15Br2N3O5. The number of benzene rings is 2. The summed E-state index contributed by atoms with van der Waals surface area (Å²) in [6, 6.07) is 14.6. The molecule has 0 aliphatic carbocycles. The summed E-state index contributed by atoms with van der Waals surface area (Å²) in [5.41, 5.74) is 7.23. The first kappa shape index (κ1) is 21.5. The smallest absolute Gasteiger partial charge is 0.362 e. The highest BCUT2D eigenvalue weighted by atomic mass is 79.9. The number of nitrogen functional groups attached to an aromatic ring is 1. The monoisotopic (exact) mass is 571 g/mol. The summed E-state index contributed by atoms with van der Waals surface area (Å²) in [6.45, 7) is 0. The van der Waals surface area contributed by atoms with Crippen molar-refractivity contribution in [1.82, 2.24) is 9.55 Å². The first-order valence-electron chi connectivity index (χ1n) is 9.71. The Kier molecular flexibility index (Phi) is 5.34. The van der Waals surface area contributed by atoms with Crippen molar-refractivity contribution >= 4 is 55.5 Å². The van der Waals surface area contributed by atoms with E-state index < -0.39 is 17.5 Å². The third kappa shape index (κ3) is 3.65. The minimum Gasteiger partial charge on any atom is -0.465 e. The van der Waals surface area contributed by atoms with Gasteiger partial charge in [0.25, 0.3) is 6.01 Å². The van der Waals surface area contributed by atoms with Gasteiger partial charge in [0.15, 0.2) is 0 Å². The van der Waals surface area contributed by atoms with Gasteiger partial charge in [-0.2, -0.15) is 4.98 Å². The van der Waals surface area contributed by atoms with Crippen molar-refractivity contribution < 1.29 is 18.4 Å². The normalized spacial score (nSPS) is 15.3. The number of carbonyl (C=O) groups excluding carboxylic acids is 1. The Labute approximate surface area is 203 Å². The number of aromatic nitrogens is 2. The van der Waals surface area contributed by atoms with Gasteiger partial charge in [-0.1, -0.05) is 56.1 Å². The molecule has 166 valence electrons. The van der Waals surface area contributed by atoms with Crippen molar-refractivity contribution in [3.8, 4) is 5.88 Å².